The molecule has 7 heteroatoms. The molecule has 2 aromatic rings. The van der Waals surface area contributed by atoms with E-state index in [-0.39, 0.29) is 5.82 Å². The number of halogens is 1. The summed E-state index contributed by atoms with van der Waals surface area (Å²) in [7, 11) is 1.70. The molecule has 0 aliphatic heterocycles. The molecule has 1 aromatic heterocycles. The first kappa shape index (κ1) is 11.5. The highest BCUT2D eigenvalue weighted by molar-refractivity contribution is 5.29. The fourth-order valence-corrected chi connectivity index (χ4v) is 1.41. The summed E-state index contributed by atoms with van der Waals surface area (Å²) in [5.41, 5.74) is 6.74. The lowest BCUT2D eigenvalue weighted by Gasteiger charge is -2.06. The molecule has 90 valence electrons. The number of tetrazole rings is 1. The number of nitrogens with one attached hydrogen (secondary N) is 1. The summed E-state index contributed by atoms with van der Waals surface area (Å²) < 4.78 is 15.1. The lowest BCUT2D eigenvalue weighted by atomic mass is 10.1. The predicted molar refractivity (Wildman–Crippen MR) is 60.4 cm³/mol. The van der Waals surface area contributed by atoms with Crippen LogP contribution in [0.25, 0.3) is 0 Å². The molecule has 17 heavy (non-hydrogen) atoms. The number of nitrogens with two attached hydrogens (primary N) is 1. The van der Waals surface area contributed by atoms with Gasteiger partial charge in [0, 0.05) is 25.7 Å². The van der Waals surface area contributed by atoms with Crippen molar-refractivity contribution in [2.75, 3.05) is 5.32 Å². The summed E-state index contributed by atoms with van der Waals surface area (Å²) in [6.45, 7) is 0.655. The molecule has 0 saturated heterocycles. The third kappa shape index (κ3) is 2.56. The van der Waals surface area contributed by atoms with Crippen molar-refractivity contribution in [2.24, 2.45) is 12.8 Å². The largest absolute Gasteiger partial charge is 0.349 e. The fourth-order valence-electron chi connectivity index (χ4n) is 1.41. The number of nitrogens with zero attached hydrogens (tertiary/aromatic N) is 4. The van der Waals surface area contributed by atoms with E-state index < -0.39 is 0 Å². The number of hydrogen-bond acceptors (Lipinski definition) is 5. The average Bonchev–Trinajstić information content (AvgIpc) is 2.73. The first-order valence-electron chi connectivity index (χ1n) is 5.14. The molecule has 0 aliphatic rings. The van der Waals surface area contributed by atoms with Crippen LogP contribution >= 0.6 is 0 Å². The van der Waals surface area contributed by atoms with Crippen LogP contribution in [-0.2, 0) is 20.1 Å². The minimum atomic E-state index is -0.282. The minimum Gasteiger partial charge on any atom is -0.349 e. The van der Waals surface area contributed by atoms with E-state index in [4.69, 9.17) is 5.73 Å². The van der Waals surface area contributed by atoms with Crippen molar-refractivity contribution in [1.29, 1.82) is 0 Å². The van der Waals surface area contributed by atoms with Crippen LogP contribution < -0.4 is 11.1 Å². The van der Waals surface area contributed by atoms with E-state index in [9.17, 15) is 4.39 Å². The van der Waals surface area contributed by atoms with Gasteiger partial charge in [0.2, 0.25) is 5.95 Å². The monoisotopic (exact) mass is 236 g/mol. The Morgan fingerprint density at radius 3 is 2.88 bits per heavy atom. The highest BCUT2D eigenvalue weighted by atomic mass is 19.1. The van der Waals surface area contributed by atoms with Crippen LogP contribution in [0.1, 0.15) is 11.1 Å². The van der Waals surface area contributed by atoms with Crippen LogP contribution in [0.15, 0.2) is 18.2 Å². The molecule has 0 saturated carbocycles. The molecule has 0 bridgehead atoms. The standard InChI is InChI=1S/C10H13FN6/c1-17-10(14-15-16-17)13-6-8-3-2-7(5-12)4-9(8)11/h2-4H,5-6,12H2,1H3,(H,13,14,16). The van der Waals surface area contributed by atoms with Gasteiger partial charge in [-0.05, 0) is 22.1 Å². The molecule has 0 radical (unpaired) electrons. The Morgan fingerprint density at radius 2 is 2.29 bits per heavy atom. The van der Waals surface area contributed by atoms with Crippen molar-refractivity contribution in [1.82, 2.24) is 20.2 Å². The lowest BCUT2D eigenvalue weighted by molar-refractivity contribution is 0.609. The number of rotatable bonds is 4. The van der Waals surface area contributed by atoms with Crippen LogP contribution in [-0.4, -0.2) is 20.2 Å². The second-order valence-electron chi connectivity index (χ2n) is 3.61. The van der Waals surface area contributed by atoms with Crippen molar-refractivity contribution in [3.05, 3.63) is 35.1 Å². The molecule has 6 nitrogen and oxygen atoms in total. The Kier molecular flexibility index (Phi) is 3.29. The van der Waals surface area contributed by atoms with Crippen molar-refractivity contribution >= 4 is 5.95 Å². The molecule has 1 aromatic carbocycles. The average molecular weight is 236 g/mol. The Hall–Kier alpha value is -2.02. The summed E-state index contributed by atoms with van der Waals surface area (Å²) in [6.07, 6.45) is 0. The molecule has 0 amide bonds. The molecule has 0 fully saturated rings. The van der Waals surface area contributed by atoms with E-state index in [0.29, 0.717) is 24.6 Å². The van der Waals surface area contributed by atoms with Crippen molar-refractivity contribution in [3.63, 3.8) is 0 Å². The van der Waals surface area contributed by atoms with E-state index in [1.54, 1.807) is 19.2 Å². The van der Waals surface area contributed by atoms with Crippen LogP contribution in [0.3, 0.4) is 0 Å². The smallest absolute Gasteiger partial charge is 0.242 e. The van der Waals surface area contributed by atoms with E-state index >= 15 is 0 Å². The summed E-state index contributed by atoms with van der Waals surface area (Å²) in [5, 5.41) is 13.8. The van der Waals surface area contributed by atoms with Gasteiger partial charge < -0.3 is 11.1 Å². The molecular formula is C10H13FN6. The zero-order valence-electron chi connectivity index (χ0n) is 9.39. The van der Waals surface area contributed by atoms with E-state index in [0.717, 1.165) is 5.56 Å². The van der Waals surface area contributed by atoms with Gasteiger partial charge in [0.05, 0.1) is 0 Å². The number of hydrogen-bond donors (Lipinski definition) is 2. The van der Waals surface area contributed by atoms with Gasteiger partial charge in [0.15, 0.2) is 0 Å². The van der Waals surface area contributed by atoms with E-state index in [2.05, 4.69) is 20.8 Å². The van der Waals surface area contributed by atoms with Gasteiger partial charge in [-0.15, -0.1) is 0 Å². The maximum absolute atomic E-state index is 13.6. The quantitative estimate of drug-likeness (QED) is 0.804. The Morgan fingerprint density at radius 1 is 1.47 bits per heavy atom. The highest BCUT2D eigenvalue weighted by Gasteiger charge is 2.05. The van der Waals surface area contributed by atoms with Gasteiger partial charge in [0.1, 0.15) is 5.82 Å². The highest BCUT2D eigenvalue weighted by Crippen LogP contribution is 2.11. The van der Waals surface area contributed by atoms with Gasteiger partial charge in [-0.25, -0.2) is 9.07 Å². The number of anilines is 1. The third-order valence-corrected chi connectivity index (χ3v) is 2.41. The number of benzene rings is 1. The topological polar surface area (TPSA) is 81.7 Å². The zero-order chi connectivity index (χ0) is 12.3. The van der Waals surface area contributed by atoms with Crippen LogP contribution in [0, 0.1) is 5.82 Å². The second-order valence-corrected chi connectivity index (χ2v) is 3.61. The second kappa shape index (κ2) is 4.88. The van der Waals surface area contributed by atoms with Gasteiger partial charge in [-0.1, -0.05) is 17.2 Å². The molecule has 1 heterocycles. The third-order valence-electron chi connectivity index (χ3n) is 2.41. The van der Waals surface area contributed by atoms with Gasteiger partial charge in [0.25, 0.3) is 0 Å². The van der Waals surface area contributed by atoms with Crippen LogP contribution in [0.5, 0.6) is 0 Å². The van der Waals surface area contributed by atoms with Crippen molar-refractivity contribution < 1.29 is 4.39 Å². The van der Waals surface area contributed by atoms with Crippen LogP contribution in [0.2, 0.25) is 0 Å². The lowest BCUT2D eigenvalue weighted by Crippen LogP contribution is -2.07. The predicted octanol–water partition coefficient (Wildman–Crippen LogP) is 0.420. The molecular weight excluding hydrogens is 223 g/mol. The zero-order valence-corrected chi connectivity index (χ0v) is 9.39. The molecule has 0 unspecified atom stereocenters. The van der Waals surface area contributed by atoms with Crippen molar-refractivity contribution in [2.45, 2.75) is 13.1 Å². The van der Waals surface area contributed by atoms with Crippen molar-refractivity contribution in [3.8, 4) is 0 Å². The van der Waals surface area contributed by atoms with Gasteiger partial charge in [-0.2, -0.15) is 0 Å². The number of aryl methyl sites for hydroxylation is 1. The maximum Gasteiger partial charge on any atom is 0.242 e. The molecule has 2 rings (SSSR count). The molecule has 0 aliphatic carbocycles. The maximum atomic E-state index is 13.6. The summed E-state index contributed by atoms with van der Waals surface area (Å²) >= 11 is 0. The number of aromatic nitrogens is 4. The van der Waals surface area contributed by atoms with Gasteiger partial charge >= 0.3 is 0 Å². The first-order chi connectivity index (χ1) is 8.20. The first-order valence-corrected chi connectivity index (χ1v) is 5.14. The molecule has 3 N–H and O–H groups in total. The Balaban J connectivity index is 2.07. The summed E-state index contributed by atoms with van der Waals surface area (Å²) in [4.78, 5) is 0. The normalized spacial score (nSPS) is 10.5. The molecule has 0 spiro atoms. The van der Waals surface area contributed by atoms with E-state index in [1.807, 2.05) is 0 Å². The summed E-state index contributed by atoms with van der Waals surface area (Å²) in [6, 6.07) is 4.94. The molecule has 0 atom stereocenters. The minimum absolute atomic E-state index is 0.282. The summed E-state index contributed by atoms with van der Waals surface area (Å²) in [5.74, 6) is 0.211. The SMILES string of the molecule is Cn1nnnc1NCc1ccc(CN)cc1F. The Labute approximate surface area is 97.6 Å². The van der Waals surface area contributed by atoms with E-state index in [1.165, 1.54) is 10.7 Å². The fraction of sp³-hybridized carbons (Fsp3) is 0.300. The van der Waals surface area contributed by atoms with Crippen LogP contribution in [0.4, 0.5) is 10.3 Å². The Bertz CT molecular complexity index is 509. The van der Waals surface area contributed by atoms with Gasteiger partial charge in [-0.3, -0.25) is 0 Å².